The van der Waals surface area contributed by atoms with Gasteiger partial charge in [-0.25, -0.2) is 0 Å². The van der Waals surface area contributed by atoms with Crippen molar-refractivity contribution < 1.29 is 9.21 Å². The molecule has 0 aromatic carbocycles. The minimum atomic E-state index is -0.637. The highest BCUT2D eigenvalue weighted by atomic mass is 32.1. The zero-order chi connectivity index (χ0) is 12.3. The Hall–Kier alpha value is -1.36. The minimum absolute atomic E-state index is 0.0705. The van der Waals surface area contributed by atoms with E-state index in [-0.39, 0.29) is 5.91 Å². The number of rotatable bonds is 4. The number of furan rings is 1. The molecular weight excluding hydrogens is 236 g/mol. The lowest BCUT2D eigenvalue weighted by Crippen LogP contribution is -2.46. The molecule has 1 aliphatic rings. The summed E-state index contributed by atoms with van der Waals surface area (Å²) in [4.78, 5) is 12.5. The summed E-state index contributed by atoms with van der Waals surface area (Å²) in [6, 6.07) is 3.61. The van der Waals surface area contributed by atoms with Crippen LogP contribution in [0.1, 0.15) is 31.4 Å². The molecule has 1 fully saturated rings. The Kier molecular flexibility index (Phi) is 3.47. The van der Waals surface area contributed by atoms with Crippen molar-refractivity contribution in [2.75, 3.05) is 0 Å². The molecule has 0 spiro atoms. The van der Waals surface area contributed by atoms with E-state index in [9.17, 15) is 4.79 Å². The van der Waals surface area contributed by atoms with Crippen LogP contribution in [-0.4, -0.2) is 10.9 Å². The van der Waals surface area contributed by atoms with Crippen LogP contribution in [-0.2, 0) is 11.3 Å². The van der Waals surface area contributed by atoms with Crippen LogP contribution in [0, 0.1) is 5.41 Å². The Balaban J connectivity index is 2.00. The van der Waals surface area contributed by atoms with Crippen LogP contribution in [0.4, 0.5) is 0 Å². The number of hydrogen-bond acceptors (Lipinski definition) is 3. The van der Waals surface area contributed by atoms with Crippen molar-refractivity contribution in [2.24, 2.45) is 11.1 Å². The predicted molar refractivity (Wildman–Crippen MR) is 68.2 cm³/mol. The normalized spacial score (nSPS) is 17.9. The van der Waals surface area contributed by atoms with Gasteiger partial charge >= 0.3 is 0 Å². The van der Waals surface area contributed by atoms with Gasteiger partial charge < -0.3 is 15.5 Å². The first-order chi connectivity index (χ1) is 8.15. The van der Waals surface area contributed by atoms with Gasteiger partial charge in [0.1, 0.15) is 5.76 Å². The van der Waals surface area contributed by atoms with Gasteiger partial charge in [-0.2, -0.15) is 0 Å². The number of thiocarbonyl (C=S) groups is 1. The summed E-state index contributed by atoms with van der Waals surface area (Å²) in [5.74, 6) is 0.660. The number of carbonyl (C=O) groups is 1. The summed E-state index contributed by atoms with van der Waals surface area (Å²) >= 11 is 5.05. The van der Waals surface area contributed by atoms with Gasteiger partial charge in [0.05, 0.1) is 23.2 Å². The van der Waals surface area contributed by atoms with Gasteiger partial charge in [-0.1, -0.05) is 25.1 Å². The zero-order valence-electron chi connectivity index (χ0n) is 9.57. The fraction of sp³-hybridized carbons (Fsp3) is 0.500. The van der Waals surface area contributed by atoms with Gasteiger partial charge in [0.25, 0.3) is 0 Å². The lowest BCUT2D eigenvalue weighted by Gasteiger charge is -2.25. The smallest absolute Gasteiger partial charge is 0.233 e. The van der Waals surface area contributed by atoms with Gasteiger partial charge in [0.15, 0.2) is 0 Å². The SMILES string of the molecule is NC(=S)C1(C(=O)NCc2ccco2)CCCC1. The van der Waals surface area contributed by atoms with E-state index in [1.54, 1.807) is 12.3 Å². The van der Waals surface area contributed by atoms with E-state index in [0.717, 1.165) is 31.4 Å². The van der Waals surface area contributed by atoms with Gasteiger partial charge in [-0.05, 0) is 25.0 Å². The molecule has 1 amide bonds. The molecule has 1 heterocycles. The molecule has 1 aromatic heterocycles. The third-order valence-corrected chi connectivity index (χ3v) is 3.76. The van der Waals surface area contributed by atoms with Crippen molar-refractivity contribution in [1.82, 2.24) is 5.32 Å². The van der Waals surface area contributed by atoms with E-state index in [1.165, 1.54) is 0 Å². The number of nitrogens with two attached hydrogens (primary N) is 1. The highest BCUT2D eigenvalue weighted by molar-refractivity contribution is 7.80. The Labute approximate surface area is 106 Å². The largest absolute Gasteiger partial charge is 0.467 e. The molecule has 17 heavy (non-hydrogen) atoms. The van der Waals surface area contributed by atoms with Gasteiger partial charge in [0.2, 0.25) is 5.91 Å². The molecule has 0 bridgehead atoms. The lowest BCUT2D eigenvalue weighted by atomic mass is 9.85. The van der Waals surface area contributed by atoms with E-state index < -0.39 is 5.41 Å². The maximum atomic E-state index is 12.2. The molecule has 3 N–H and O–H groups in total. The fourth-order valence-electron chi connectivity index (χ4n) is 2.31. The Morgan fingerprint density at radius 1 is 1.53 bits per heavy atom. The van der Waals surface area contributed by atoms with Crippen molar-refractivity contribution in [3.63, 3.8) is 0 Å². The molecule has 4 nitrogen and oxygen atoms in total. The van der Waals surface area contributed by atoms with E-state index in [0.29, 0.717) is 11.5 Å². The van der Waals surface area contributed by atoms with Crippen molar-refractivity contribution in [3.8, 4) is 0 Å². The lowest BCUT2D eigenvalue weighted by molar-refractivity contribution is -0.127. The van der Waals surface area contributed by atoms with Crippen LogP contribution in [0.5, 0.6) is 0 Å². The number of amides is 1. The third kappa shape index (κ3) is 2.34. The third-order valence-electron chi connectivity index (χ3n) is 3.37. The second-order valence-electron chi connectivity index (χ2n) is 4.42. The average Bonchev–Trinajstić information content (AvgIpc) is 2.97. The number of nitrogens with one attached hydrogen (secondary N) is 1. The van der Waals surface area contributed by atoms with Crippen LogP contribution < -0.4 is 11.1 Å². The maximum absolute atomic E-state index is 12.2. The highest BCUT2D eigenvalue weighted by Crippen LogP contribution is 2.38. The molecule has 1 aliphatic carbocycles. The second-order valence-corrected chi connectivity index (χ2v) is 4.86. The summed E-state index contributed by atoms with van der Waals surface area (Å²) in [6.45, 7) is 0.385. The maximum Gasteiger partial charge on any atom is 0.233 e. The van der Waals surface area contributed by atoms with Gasteiger partial charge in [0, 0.05) is 0 Å². The van der Waals surface area contributed by atoms with E-state index in [1.807, 2.05) is 6.07 Å². The molecule has 0 radical (unpaired) electrons. The first-order valence-electron chi connectivity index (χ1n) is 5.76. The molecular formula is C12H16N2O2S. The van der Waals surface area contributed by atoms with Crippen LogP contribution in [0.3, 0.4) is 0 Å². The summed E-state index contributed by atoms with van der Waals surface area (Å²) < 4.78 is 5.16. The Morgan fingerprint density at radius 3 is 2.76 bits per heavy atom. The molecule has 2 rings (SSSR count). The number of carbonyl (C=O) groups excluding carboxylic acids is 1. The zero-order valence-corrected chi connectivity index (χ0v) is 10.4. The first kappa shape index (κ1) is 12.1. The molecule has 0 saturated heterocycles. The summed E-state index contributed by atoms with van der Waals surface area (Å²) in [5, 5.41) is 2.85. The highest BCUT2D eigenvalue weighted by Gasteiger charge is 2.43. The van der Waals surface area contributed by atoms with Crippen molar-refractivity contribution in [2.45, 2.75) is 32.2 Å². The van der Waals surface area contributed by atoms with E-state index in [2.05, 4.69) is 5.32 Å². The van der Waals surface area contributed by atoms with Crippen LogP contribution >= 0.6 is 12.2 Å². The molecule has 0 atom stereocenters. The molecule has 0 aliphatic heterocycles. The summed E-state index contributed by atoms with van der Waals surface area (Å²) in [5.41, 5.74) is 5.09. The van der Waals surface area contributed by atoms with Crippen molar-refractivity contribution in [1.29, 1.82) is 0 Å². The van der Waals surface area contributed by atoms with Gasteiger partial charge in [-0.15, -0.1) is 0 Å². The van der Waals surface area contributed by atoms with Crippen LogP contribution in [0.15, 0.2) is 22.8 Å². The van der Waals surface area contributed by atoms with Crippen molar-refractivity contribution >= 4 is 23.1 Å². The molecule has 1 saturated carbocycles. The standard InChI is InChI=1S/C12H16N2O2S/c13-10(17)12(5-1-2-6-12)11(15)14-8-9-4-3-7-16-9/h3-4,7H,1-2,5-6,8H2,(H2,13,17)(H,14,15). The predicted octanol–water partition coefficient (Wildman–Crippen LogP) is 1.74. The van der Waals surface area contributed by atoms with Crippen LogP contribution in [0.25, 0.3) is 0 Å². The molecule has 92 valence electrons. The molecule has 0 unspecified atom stereocenters. The second kappa shape index (κ2) is 4.87. The van der Waals surface area contributed by atoms with E-state index >= 15 is 0 Å². The van der Waals surface area contributed by atoms with Gasteiger partial charge in [-0.3, -0.25) is 4.79 Å². The topological polar surface area (TPSA) is 68.3 Å². The summed E-state index contributed by atoms with van der Waals surface area (Å²) in [6.07, 6.45) is 5.11. The summed E-state index contributed by atoms with van der Waals surface area (Å²) in [7, 11) is 0. The van der Waals surface area contributed by atoms with Crippen LogP contribution in [0.2, 0.25) is 0 Å². The molecule has 5 heteroatoms. The first-order valence-corrected chi connectivity index (χ1v) is 6.16. The quantitative estimate of drug-likeness (QED) is 0.801. The Bertz CT molecular complexity index is 408. The number of hydrogen-bond donors (Lipinski definition) is 2. The molecule has 1 aromatic rings. The minimum Gasteiger partial charge on any atom is -0.467 e. The average molecular weight is 252 g/mol. The Morgan fingerprint density at radius 2 is 2.24 bits per heavy atom. The monoisotopic (exact) mass is 252 g/mol. The van der Waals surface area contributed by atoms with E-state index in [4.69, 9.17) is 22.4 Å². The van der Waals surface area contributed by atoms with Crippen molar-refractivity contribution in [3.05, 3.63) is 24.2 Å². The fourth-order valence-corrected chi connectivity index (χ4v) is 2.61.